The molecule has 0 spiro atoms. The number of halogens is 1. The molecule has 0 fully saturated rings. The number of hydrogen-bond acceptors (Lipinski definition) is 8. The van der Waals surface area contributed by atoms with Gasteiger partial charge in [-0.25, -0.2) is 9.78 Å². The first-order valence-corrected chi connectivity index (χ1v) is 13.3. The van der Waals surface area contributed by atoms with Crippen molar-refractivity contribution in [3.05, 3.63) is 73.5 Å². The molecule has 3 aromatic heterocycles. The maximum absolute atomic E-state index is 13.7. The first-order valence-electron chi connectivity index (χ1n) is 12.9. The van der Waals surface area contributed by atoms with E-state index in [9.17, 15) is 14.7 Å². The van der Waals surface area contributed by atoms with Crippen molar-refractivity contribution in [1.29, 1.82) is 0 Å². The number of aromatic nitrogens is 5. The SMILES string of the molecule is CCCn1c(=O)c2c(nc(Cc3cnoc3Cl)n2CCN(CC)CCO)n(CCc2ccccc2N)c1=O. The topological polar surface area (TPSA) is 137 Å². The molecule has 38 heavy (non-hydrogen) atoms. The fourth-order valence-corrected chi connectivity index (χ4v) is 4.83. The molecule has 0 aliphatic carbocycles. The number of rotatable bonds is 13. The Balaban J connectivity index is 1.88. The molecule has 0 saturated carbocycles. The molecule has 1 aromatic carbocycles. The van der Waals surface area contributed by atoms with Gasteiger partial charge in [0.15, 0.2) is 11.2 Å². The summed E-state index contributed by atoms with van der Waals surface area (Å²) in [5.41, 5.74) is 8.27. The van der Waals surface area contributed by atoms with E-state index in [1.165, 1.54) is 10.8 Å². The molecule has 4 aromatic rings. The fourth-order valence-electron chi connectivity index (χ4n) is 4.67. The molecule has 12 heteroatoms. The highest BCUT2D eigenvalue weighted by Crippen LogP contribution is 2.21. The molecule has 204 valence electrons. The fraction of sp³-hybridized carbons (Fsp3) is 0.462. The van der Waals surface area contributed by atoms with Crippen molar-refractivity contribution in [3.63, 3.8) is 0 Å². The molecule has 0 aliphatic heterocycles. The van der Waals surface area contributed by atoms with Crippen LogP contribution in [-0.4, -0.2) is 60.1 Å². The quantitative estimate of drug-likeness (QED) is 0.245. The molecule has 0 aliphatic rings. The normalized spacial score (nSPS) is 11.7. The molecule has 4 rings (SSSR count). The van der Waals surface area contributed by atoms with Crippen molar-refractivity contribution >= 4 is 28.5 Å². The van der Waals surface area contributed by atoms with Gasteiger partial charge in [-0.2, -0.15) is 0 Å². The van der Waals surface area contributed by atoms with Crippen molar-refractivity contribution in [2.24, 2.45) is 0 Å². The van der Waals surface area contributed by atoms with E-state index in [1.807, 2.05) is 42.7 Å². The summed E-state index contributed by atoms with van der Waals surface area (Å²) in [4.78, 5) is 34.2. The first-order chi connectivity index (χ1) is 18.4. The predicted molar refractivity (Wildman–Crippen MR) is 147 cm³/mol. The highest BCUT2D eigenvalue weighted by molar-refractivity contribution is 6.29. The van der Waals surface area contributed by atoms with Gasteiger partial charge in [-0.3, -0.25) is 18.8 Å². The van der Waals surface area contributed by atoms with Crippen LogP contribution in [0.25, 0.3) is 11.2 Å². The lowest BCUT2D eigenvalue weighted by Crippen LogP contribution is -2.41. The Labute approximate surface area is 225 Å². The van der Waals surface area contributed by atoms with Crippen LogP contribution in [0, 0.1) is 0 Å². The van der Waals surface area contributed by atoms with Crippen LogP contribution in [0.4, 0.5) is 5.69 Å². The number of nitrogens with two attached hydrogens (primary N) is 1. The van der Waals surface area contributed by atoms with Crippen molar-refractivity contribution in [1.82, 2.24) is 28.7 Å². The van der Waals surface area contributed by atoms with Gasteiger partial charge in [-0.05, 0) is 42.6 Å². The van der Waals surface area contributed by atoms with Crippen LogP contribution in [0.2, 0.25) is 5.22 Å². The van der Waals surface area contributed by atoms with Crippen LogP contribution >= 0.6 is 11.6 Å². The standard InChI is InChI=1S/C26H34ClN7O4/c1-3-10-34-25(36)22-24(33(26(34)37)11-9-18-7-5-6-8-20(18)28)30-21(16-19-17-29-38-23(19)27)32(22)13-12-31(4-2)14-15-35/h5-8,17,35H,3-4,9-16,28H2,1-2H3. The number of imidazole rings is 1. The lowest BCUT2D eigenvalue weighted by atomic mass is 10.1. The highest BCUT2D eigenvalue weighted by Gasteiger charge is 2.23. The molecule has 0 bridgehead atoms. The minimum absolute atomic E-state index is 0.0349. The first kappa shape index (κ1) is 27.6. The lowest BCUT2D eigenvalue weighted by molar-refractivity contribution is 0.197. The largest absolute Gasteiger partial charge is 0.399 e. The van der Waals surface area contributed by atoms with Crippen molar-refractivity contribution < 1.29 is 9.63 Å². The van der Waals surface area contributed by atoms with E-state index in [1.54, 1.807) is 4.57 Å². The van der Waals surface area contributed by atoms with E-state index in [0.717, 1.165) is 12.1 Å². The Morgan fingerprint density at radius 1 is 1.05 bits per heavy atom. The number of aliphatic hydroxyl groups excluding tert-OH is 1. The summed E-state index contributed by atoms with van der Waals surface area (Å²) < 4.78 is 9.74. The van der Waals surface area contributed by atoms with Gasteiger partial charge in [0, 0.05) is 50.4 Å². The van der Waals surface area contributed by atoms with Crippen molar-refractivity contribution in [3.8, 4) is 0 Å². The Morgan fingerprint density at radius 3 is 2.50 bits per heavy atom. The molecule has 0 unspecified atom stereocenters. The molecule has 3 N–H and O–H groups in total. The summed E-state index contributed by atoms with van der Waals surface area (Å²) >= 11 is 6.18. The van der Waals surface area contributed by atoms with Gasteiger partial charge in [0.1, 0.15) is 5.82 Å². The number of nitrogens with zero attached hydrogens (tertiary/aromatic N) is 6. The number of aliphatic hydroxyl groups is 1. The van der Waals surface area contributed by atoms with Crippen LogP contribution in [0.3, 0.4) is 0 Å². The monoisotopic (exact) mass is 543 g/mol. The average molecular weight is 544 g/mol. The number of likely N-dealkylation sites (N-methyl/N-ethyl adjacent to an activating group) is 1. The molecular formula is C26H34ClN7O4. The molecule has 0 atom stereocenters. The zero-order valence-corrected chi connectivity index (χ0v) is 22.5. The van der Waals surface area contributed by atoms with E-state index < -0.39 is 5.69 Å². The van der Waals surface area contributed by atoms with E-state index >= 15 is 0 Å². The molecule has 0 radical (unpaired) electrons. The van der Waals surface area contributed by atoms with E-state index in [-0.39, 0.29) is 23.8 Å². The number of benzene rings is 1. The Hall–Kier alpha value is -3.41. The van der Waals surface area contributed by atoms with Crippen LogP contribution in [0.1, 0.15) is 37.2 Å². The minimum Gasteiger partial charge on any atom is -0.399 e. The summed E-state index contributed by atoms with van der Waals surface area (Å²) in [6, 6.07) is 7.53. The molecule has 0 saturated heterocycles. The van der Waals surface area contributed by atoms with Crippen LogP contribution < -0.4 is 17.0 Å². The zero-order chi connectivity index (χ0) is 27.2. The minimum atomic E-state index is -0.395. The summed E-state index contributed by atoms with van der Waals surface area (Å²) in [7, 11) is 0. The van der Waals surface area contributed by atoms with Crippen molar-refractivity contribution in [2.45, 2.75) is 52.7 Å². The number of aryl methyl sites for hydroxylation is 2. The van der Waals surface area contributed by atoms with Gasteiger partial charge >= 0.3 is 5.69 Å². The molecule has 11 nitrogen and oxygen atoms in total. The maximum Gasteiger partial charge on any atom is 0.332 e. The summed E-state index contributed by atoms with van der Waals surface area (Å²) in [5.74, 6) is 0.573. The van der Waals surface area contributed by atoms with Gasteiger partial charge in [-0.1, -0.05) is 37.2 Å². The van der Waals surface area contributed by atoms with Gasteiger partial charge in [0.25, 0.3) is 5.56 Å². The molecular weight excluding hydrogens is 510 g/mol. The van der Waals surface area contributed by atoms with Crippen molar-refractivity contribution in [2.75, 3.05) is 32.0 Å². The number of anilines is 1. The zero-order valence-electron chi connectivity index (χ0n) is 21.8. The highest BCUT2D eigenvalue weighted by atomic mass is 35.5. The lowest BCUT2D eigenvalue weighted by Gasteiger charge is -2.20. The average Bonchev–Trinajstić information content (AvgIpc) is 3.48. The Morgan fingerprint density at radius 2 is 1.84 bits per heavy atom. The maximum atomic E-state index is 13.7. The molecule has 0 amide bonds. The second-order valence-electron chi connectivity index (χ2n) is 9.15. The number of nitrogen functional groups attached to an aromatic ring is 1. The third-order valence-corrected chi connectivity index (χ3v) is 7.06. The van der Waals surface area contributed by atoms with Gasteiger partial charge in [0.2, 0.25) is 5.22 Å². The summed E-state index contributed by atoms with van der Waals surface area (Å²) in [6.07, 6.45) is 2.93. The second kappa shape index (κ2) is 12.4. The van der Waals surface area contributed by atoms with Gasteiger partial charge < -0.3 is 19.9 Å². The third-order valence-electron chi connectivity index (χ3n) is 6.75. The van der Waals surface area contributed by atoms with Crippen LogP contribution in [0.5, 0.6) is 0 Å². The second-order valence-corrected chi connectivity index (χ2v) is 9.49. The Kier molecular flexibility index (Phi) is 9.03. The molecule has 3 heterocycles. The summed E-state index contributed by atoms with van der Waals surface area (Å²) in [6.45, 7) is 6.86. The summed E-state index contributed by atoms with van der Waals surface area (Å²) in [5, 5.41) is 13.4. The number of hydrogen-bond donors (Lipinski definition) is 2. The van der Waals surface area contributed by atoms with E-state index in [0.29, 0.717) is 73.8 Å². The smallest absolute Gasteiger partial charge is 0.332 e. The van der Waals surface area contributed by atoms with E-state index in [4.69, 9.17) is 26.8 Å². The number of fused-ring (bicyclic) bond motifs is 1. The van der Waals surface area contributed by atoms with Gasteiger partial charge in [0.05, 0.1) is 12.8 Å². The van der Waals surface area contributed by atoms with Gasteiger partial charge in [-0.15, -0.1) is 0 Å². The predicted octanol–water partition coefficient (Wildman–Crippen LogP) is 2.14. The Bertz CT molecular complexity index is 1500. The van der Waals surface area contributed by atoms with Crippen LogP contribution in [-0.2, 0) is 32.5 Å². The van der Waals surface area contributed by atoms with E-state index in [2.05, 4.69) is 10.1 Å². The van der Waals surface area contributed by atoms with Crippen LogP contribution in [0.15, 0.2) is 44.6 Å². The third kappa shape index (κ3) is 5.69. The number of para-hydroxylation sites is 1.